The molecule has 2 aromatic rings. The van der Waals surface area contributed by atoms with E-state index in [4.69, 9.17) is 16.3 Å². The minimum atomic E-state index is -1.08. The van der Waals surface area contributed by atoms with Gasteiger partial charge in [-0.2, -0.15) is 0 Å². The van der Waals surface area contributed by atoms with Gasteiger partial charge in [-0.1, -0.05) is 11.6 Å². The Kier molecular flexibility index (Phi) is 3.38. The Morgan fingerprint density at radius 1 is 1.28 bits per heavy atom. The van der Waals surface area contributed by atoms with E-state index in [1.165, 1.54) is 0 Å². The molecule has 0 aliphatic rings. The van der Waals surface area contributed by atoms with Crippen LogP contribution in [0.1, 0.15) is 17.4 Å². The molecule has 0 bridgehead atoms. The van der Waals surface area contributed by atoms with Crippen LogP contribution in [0.5, 0.6) is 0 Å². The van der Waals surface area contributed by atoms with Crippen molar-refractivity contribution in [2.45, 2.75) is 6.92 Å². The smallest absolute Gasteiger partial charge is 0.360 e. The molecule has 1 heterocycles. The van der Waals surface area contributed by atoms with Crippen LogP contribution in [0, 0.1) is 11.6 Å². The standard InChI is InChI=1S/C11H7ClF2N2O2/c1-2-18-11(17)9-10(12)16-8-4-6(14)5(13)3-7(8)15-9/h3-4H,2H2,1H3. The van der Waals surface area contributed by atoms with Crippen LogP contribution in [0.25, 0.3) is 11.0 Å². The number of esters is 1. The van der Waals surface area contributed by atoms with Gasteiger partial charge in [-0.15, -0.1) is 0 Å². The van der Waals surface area contributed by atoms with E-state index >= 15 is 0 Å². The highest BCUT2D eigenvalue weighted by Gasteiger charge is 2.17. The maximum absolute atomic E-state index is 13.0. The number of hydrogen-bond donors (Lipinski definition) is 0. The summed E-state index contributed by atoms with van der Waals surface area (Å²) in [4.78, 5) is 19.1. The van der Waals surface area contributed by atoms with Gasteiger partial charge in [0.2, 0.25) is 0 Å². The van der Waals surface area contributed by atoms with Crippen molar-refractivity contribution in [1.82, 2.24) is 9.97 Å². The molecule has 0 saturated carbocycles. The molecule has 0 N–H and O–H groups in total. The first-order valence-corrected chi connectivity index (χ1v) is 5.40. The van der Waals surface area contributed by atoms with E-state index in [1.807, 2.05) is 0 Å². The van der Waals surface area contributed by atoms with Gasteiger partial charge < -0.3 is 4.74 Å². The zero-order valence-corrected chi connectivity index (χ0v) is 9.96. The van der Waals surface area contributed by atoms with E-state index in [0.29, 0.717) is 0 Å². The van der Waals surface area contributed by atoms with E-state index in [-0.39, 0.29) is 28.5 Å². The number of hydrogen-bond acceptors (Lipinski definition) is 4. The summed E-state index contributed by atoms with van der Waals surface area (Å²) in [5, 5.41) is -0.216. The summed E-state index contributed by atoms with van der Waals surface area (Å²) in [5.74, 6) is -2.90. The Labute approximate surface area is 106 Å². The molecule has 0 aliphatic carbocycles. The van der Waals surface area contributed by atoms with Gasteiger partial charge in [0, 0.05) is 12.1 Å². The van der Waals surface area contributed by atoms with E-state index in [1.54, 1.807) is 6.92 Å². The summed E-state index contributed by atoms with van der Waals surface area (Å²) in [5.41, 5.74) is -0.134. The SMILES string of the molecule is CCOC(=O)c1nc2cc(F)c(F)cc2nc1Cl. The third-order valence-corrected chi connectivity index (χ3v) is 2.40. The van der Waals surface area contributed by atoms with Crippen molar-refractivity contribution in [2.75, 3.05) is 6.61 Å². The Morgan fingerprint density at radius 2 is 1.83 bits per heavy atom. The van der Waals surface area contributed by atoms with E-state index in [0.717, 1.165) is 12.1 Å². The lowest BCUT2D eigenvalue weighted by molar-refractivity contribution is 0.0519. The normalized spacial score (nSPS) is 10.7. The summed E-state index contributed by atoms with van der Waals surface area (Å²) in [6.45, 7) is 1.77. The summed E-state index contributed by atoms with van der Waals surface area (Å²) in [6.07, 6.45) is 0. The molecule has 0 aliphatic heterocycles. The Bertz CT molecular complexity index is 634. The quantitative estimate of drug-likeness (QED) is 0.789. The number of fused-ring (bicyclic) bond motifs is 1. The molecule has 0 fully saturated rings. The molecule has 1 aromatic heterocycles. The van der Waals surface area contributed by atoms with Crippen LogP contribution in [0.2, 0.25) is 5.15 Å². The largest absolute Gasteiger partial charge is 0.461 e. The highest BCUT2D eigenvalue weighted by Crippen LogP contribution is 2.20. The second-order valence-corrected chi connectivity index (χ2v) is 3.70. The number of rotatable bonds is 2. The number of halogens is 3. The van der Waals surface area contributed by atoms with Gasteiger partial charge in [0.05, 0.1) is 17.6 Å². The van der Waals surface area contributed by atoms with E-state index < -0.39 is 17.6 Å². The summed E-state index contributed by atoms with van der Waals surface area (Å²) >= 11 is 5.74. The fourth-order valence-corrected chi connectivity index (χ4v) is 1.57. The van der Waals surface area contributed by atoms with Crippen LogP contribution in [0.4, 0.5) is 8.78 Å². The molecule has 4 nitrogen and oxygen atoms in total. The highest BCUT2D eigenvalue weighted by molar-refractivity contribution is 6.32. The Hall–Kier alpha value is -1.82. The lowest BCUT2D eigenvalue weighted by Crippen LogP contribution is -2.09. The molecule has 0 unspecified atom stereocenters. The maximum Gasteiger partial charge on any atom is 0.360 e. The average molecular weight is 273 g/mol. The van der Waals surface area contributed by atoms with Crippen LogP contribution in [-0.4, -0.2) is 22.5 Å². The molecule has 0 saturated heterocycles. The zero-order chi connectivity index (χ0) is 13.3. The van der Waals surface area contributed by atoms with Crippen molar-refractivity contribution < 1.29 is 18.3 Å². The van der Waals surface area contributed by atoms with E-state index in [9.17, 15) is 13.6 Å². The van der Waals surface area contributed by atoms with Crippen molar-refractivity contribution in [3.05, 3.63) is 34.6 Å². The topological polar surface area (TPSA) is 52.1 Å². The van der Waals surface area contributed by atoms with Gasteiger partial charge >= 0.3 is 5.97 Å². The molecule has 2 rings (SSSR count). The molecule has 0 atom stereocenters. The van der Waals surface area contributed by atoms with Gasteiger partial charge in [-0.25, -0.2) is 23.5 Å². The molecule has 0 radical (unpaired) electrons. The van der Waals surface area contributed by atoms with Gasteiger partial charge in [0.15, 0.2) is 22.5 Å². The van der Waals surface area contributed by atoms with Crippen LogP contribution < -0.4 is 0 Å². The molecular weight excluding hydrogens is 266 g/mol. The van der Waals surface area contributed by atoms with Crippen molar-refractivity contribution in [3.8, 4) is 0 Å². The monoisotopic (exact) mass is 272 g/mol. The van der Waals surface area contributed by atoms with Gasteiger partial charge in [-0.3, -0.25) is 0 Å². The number of benzene rings is 1. The van der Waals surface area contributed by atoms with Gasteiger partial charge in [0.25, 0.3) is 0 Å². The predicted molar refractivity (Wildman–Crippen MR) is 60.4 cm³/mol. The van der Waals surface area contributed by atoms with Crippen molar-refractivity contribution >= 4 is 28.6 Å². The predicted octanol–water partition coefficient (Wildman–Crippen LogP) is 2.74. The van der Waals surface area contributed by atoms with Crippen LogP contribution in [0.3, 0.4) is 0 Å². The summed E-state index contributed by atoms with van der Waals surface area (Å²) < 4.78 is 30.7. The number of nitrogens with zero attached hydrogens (tertiary/aromatic N) is 2. The molecule has 0 amide bonds. The number of ether oxygens (including phenoxy) is 1. The molecule has 7 heteroatoms. The van der Waals surface area contributed by atoms with Gasteiger partial charge in [-0.05, 0) is 6.92 Å². The maximum atomic E-state index is 13.0. The lowest BCUT2D eigenvalue weighted by Gasteiger charge is -2.05. The molecule has 1 aromatic carbocycles. The number of aromatic nitrogens is 2. The summed E-state index contributed by atoms with van der Waals surface area (Å²) in [6, 6.07) is 1.70. The number of carbonyl (C=O) groups excluding carboxylic acids is 1. The van der Waals surface area contributed by atoms with Crippen LogP contribution in [-0.2, 0) is 4.74 Å². The number of carbonyl (C=O) groups is 1. The second-order valence-electron chi connectivity index (χ2n) is 3.34. The zero-order valence-electron chi connectivity index (χ0n) is 9.21. The van der Waals surface area contributed by atoms with E-state index in [2.05, 4.69) is 9.97 Å². The Morgan fingerprint density at radius 3 is 2.39 bits per heavy atom. The molecule has 94 valence electrons. The molecule has 18 heavy (non-hydrogen) atoms. The third kappa shape index (κ3) is 2.24. The fraction of sp³-hybridized carbons (Fsp3) is 0.182. The van der Waals surface area contributed by atoms with Crippen molar-refractivity contribution in [1.29, 1.82) is 0 Å². The fourth-order valence-electron chi connectivity index (χ4n) is 1.36. The Balaban J connectivity index is 2.61. The first-order valence-electron chi connectivity index (χ1n) is 5.02. The summed E-state index contributed by atoms with van der Waals surface area (Å²) in [7, 11) is 0. The van der Waals surface area contributed by atoms with Crippen molar-refractivity contribution in [2.24, 2.45) is 0 Å². The second kappa shape index (κ2) is 4.81. The first-order chi connectivity index (χ1) is 8.52. The lowest BCUT2D eigenvalue weighted by atomic mass is 10.2. The average Bonchev–Trinajstić information content (AvgIpc) is 2.31. The highest BCUT2D eigenvalue weighted by atomic mass is 35.5. The van der Waals surface area contributed by atoms with Gasteiger partial charge in [0.1, 0.15) is 0 Å². The molecular formula is C11H7ClF2N2O2. The molecule has 0 spiro atoms. The van der Waals surface area contributed by atoms with Crippen molar-refractivity contribution in [3.63, 3.8) is 0 Å². The van der Waals surface area contributed by atoms with Crippen LogP contribution >= 0.6 is 11.6 Å². The minimum Gasteiger partial charge on any atom is -0.461 e. The minimum absolute atomic E-state index is 0.0290. The van der Waals surface area contributed by atoms with Crippen LogP contribution in [0.15, 0.2) is 12.1 Å². The third-order valence-electron chi connectivity index (χ3n) is 2.13. The first kappa shape index (κ1) is 12.6.